The first kappa shape index (κ1) is 15.0. The van der Waals surface area contributed by atoms with Gasteiger partial charge in [0.1, 0.15) is 5.02 Å². The lowest BCUT2D eigenvalue weighted by Gasteiger charge is -2.18. The molecule has 0 unspecified atom stereocenters. The molecule has 0 amide bonds. The van der Waals surface area contributed by atoms with Crippen LogP contribution < -0.4 is 10.6 Å². The van der Waals surface area contributed by atoms with Crippen LogP contribution in [0, 0.1) is 0 Å². The Morgan fingerprint density at radius 1 is 1.22 bits per heavy atom. The standard InChI is InChI=1S/C12H22ClN5/c1-4-14-12-16-9-10(13)11(17-12)15-7-8-18(5-2)6-3/h9H,4-8H2,1-3H3,(H2,14,15,16,17). The Labute approximate surface area is 114 Å². The summed E-state index contributed by atoms with van der Waals surface area (Å²) < 4.78 is 0. The van der Waals surface area contributed by atoms with Gasteiger partial charge in [0.15, 0.2) is 5.82 Å². The Morgan fingerprint density at radius 3 is 2.56 bits per heavy atom. The summed E-state index contributed by atoms with van der Waals surface area (Å²) in [6.07, 6.45) is 1.62. The molecule has 0 aromatic carbocycles. The predicted octanol–water partition coefficient (Wildman–Crippen LogP) is 2.32. The number of hydrogen-bond acceptors (Lipinski definition) is 5. The van der Waals surface area contributed by atoms with Gasteiger partial charge < -0.3 is 15.5 Å². The summed E-state index contributed by atoms with van der Waals surface area (Å²) in [6.45, 7) is 11.0. The minimum atomic E-state index is 0.552. The van der Waals surface area contributed by atoms with E-state index in [1.807, 2.05) is 6.92 Å². The summed E-state index contributed by atoms with van der Waals surface area (Å²) in [6, 6.07) is 0. The fraction of sp³-hybridized carbons (Fsp3) is 0.667. The van der Waals surface area contributed by atoms with Crippen molar-refractivity contribution in [3.8, 4) is 0 Å². The average Bonchev–Trinajstić information content (AvgIpc) is 2.38. The number of nitrogens with one attached hydrogen (secondary N) is 2. The first-order valence-electron chi connectivity index (χ1n) is 6.43. The van der Waals surface area contributed by atoms with E-state index < -0.39 is 0 Å². The number of anilines is 2. The Balaban J connectivity index is 2.52. The van der Waals surface area contributed by atoms with Crippen molar-refractivity contribution in [3.05, 3.63) is 11.2 Å². The van der Waals surface area contributed by atoms with Gasteiger partial charge in [-0.25, -0.2) is 4.98 Å². The van der Waals surface area contributed by atoms with Gasteiger partial charge in [-0.15, -0.1) is 0 Å². The third-order valence-corrected chi connectivity index (χ3v) is 2.97. The second-order valence-corrected chi connectivity index (χ2v) is 4.28. The molecule has 0 spiro atoms. The summed E-state index contributed by atoms with van der Waals surface area (Å²) in [4.78, 5) is 10.8. The zero-order chi connectivity index (χ0) is 13.4. The lowest BCUT2D eigenvalue weighted by molar-refractivity contribution is 0.316. The van der Waals surface area contributed by atoms with Crippen molar-refractivity contribution in [2.24, 2.45) is 0 Å². The van der Waals surface area contributed by atoms with Gasteiger partial charge in [-0.3, -0.25) is 0 Å². The van der Waals surface area contributed by atoms with Crippen LogP contribution in [0.25, 0.3) is 0 Å². The molecule has 0 bridgehead atoms. The predicted molar refractivity (Wildman–Crippen MR) is 77.5 cm³/mol. The lowest BCUT2D eigenvalue weighted by atomic mass is 10.4. The maximum atomic E-state index is 6.05. The molecular formula is C12H22ClN5. The number of halogens is 1. The Morgan fingerprint density at radius 2 is 1.94 bits per heavy atom. The number of nitrogens with zero attached hydrogens (tertiary/aromatic N) is 3. The Kier molecular flexibility index (Phi) is 6.75. The molecule has 6 heteroatoms. The van der Waals surface area contributed by atoms with Gasteiger partial charge in [0.05, 0.1) is 6.20 Å². The normalized spacial score (nSPS) is 10.7. The fourth-order valence-electron chi connectivity index (χ4n) is 1.61. The molecule has 102 valence electrons. The zero-order valence-electron chi connectivity index (χ0n) is 11.3. The van der Waals surface area contributed by atoms with Crippen LogP contribution >= 0.6 is 11.6 Å². The molecule has 0 saturated heterocycles. The molecule has 0 aliphatic carbocycles. The van der Waals surface area contributed by atoms with Crippen LogP contribution in [0.2, 0.25) is 5.02 Å². The second-order valence-electron chi connectivity index (χ2n) is 3.87. The largest absolute Gasteiger partial charge is 0.367 e. The van der Waals surface area contributed by atoms with E-state index in [0.29, 0.717) is 16.8 Å². The van der Waals surface area contributed by atoms with Crippen LogP contribution in [0.4, 0.5) is 11.8 Å². The molecular weight excluding hydrogens is 250 g/mol. The van der Waals surface area contributed by atoms with Gasteiger partial charge >= 0.3 is 0 Å². The maximum Gasteiger partial charge on any atom is 0.224 e. The zero-order valence-corrected chi connectivity index (χ0v) is 12.1. The summed E-state index contributed by atoms with van der Waals surface area (Å²) in [7, 11) is 0. The topological polar surface area (TPSA) is 53.1 Å². The minimum absolute atomic E-state index is 0.552. The van der Waals surface area contributed by atoms with Gasteiger partial charge in [0.2, 0.25) is 5.95 Å². The summed E-state index contributed by atoms with van der Waals surface area (Å²) in [5.74, 6) is 1.29. The van der Waals surface area contributed by atoms with Crippen LogP contribution in [0.5, 0.6) is 0 Å². The van der Waals surface area contributed by atoms with E-state index >= 15 is 0 Å². The third kappa shape index (κ3) is 4.66. The average molecular weight is 272 g/mol. The van der Waals surface area contributed by atoms with Crippen molar-refractivity contribution < 1.29 is 0 Å². The lowest BCUT2D eigenvalue weighted by Crippen LogP contribution is -2.28. The van der Waals surface area contributed by atoms with E-state index in [1.165, 1.54) is 0 Å². The molecule has 0 atom stereocenters. The highest BCUT2D eigenvalue weighted by molar-refractivity contribution is 6.32. The second kappa shape index (κ2) is 8.11. The number of aromatic nitrogens is 2. The van der Waals surface area contributed by atoms with Gasteiger partial charge in [-0.2, -0.15) is 4.98 Å². The highest BCUT2D eigenvalue weighted by Gasteiger charge is 2.05. The van der Waals surface area contributed by atoms with Crippen LogP contribution in [0.1, 0.15) is 20.8 Å². The van der Waals surface area contributed by atoms with E-state index in [4.69, 9.17) is 11.6 Å². The monoisotopic (exact) mass is 271 g/mol. The van der Waals surface area contributed by atoms with E-state index in [1.54, 1.807) is 6.20 Å². The van der Waals surface area contributed by atoms with Crippen molar-refractivity contribution in [1.29, 1.82) is 0 Å². The van der Waals surface area contributed by atoms with Crippen molar-refractivity contribution in [2.45, 2.75) is 20.8 Å². The SMILES string of the molecule is CCNc1ncc(Cl)c(NCCN(CC)CC)n1. The summed E-state index contributed by atoms with van der Waals surface area (Å²) in [5, 5.41) is 6.86. The molecule has 2 N–H and O–H groups in total. The minimum Gasteiger partial charge on any atom is -0.367 e. The quantitative estimate of drug-likeness (QED) is 0.760. The molecule has 0 radical (unpaired) electrons. The molecule has 0 fully saturated rings. The van der Waals surface area contributed by atoms with E-state index in [-0.39, 0.29) is 0 Å². The smallest absolute Gasteiger partial charge is 0.224 e. The number of rotatable bonds is 8. The first-order chi connectivity index (χ1) is 8.71. The van der Waals surface area contributed by atoms with Crippen molar-refractivity contribution in [3.63, 3.8) is 0 Å². The van der Waals surface area contributed by atoms with Crippen molar-refractivity contribution in [2.75, 3.05) is 43.4 Å². The van der Waals surface area contributed by atoms with Crippen LogP contribution in [-0.4, -0.2) is 47.6 Å². The van der Waals surface area contributed by atoms with Crippen LogP contribution in [0.3, 0.4) is 0 Å². The molecule has 1 heterocycles. The first-order valence-corrected chi connectivity index (χ1v) is 6.81. The van der Waals surface area contributed by atoms with E-state index in [2.05, 4.69) is 39.3 Å². The molecule has 0 aliphatic heterocycles. The van der Waals surface area contributed by atoms with E-state index in [9.17, 15) is 0 Å². The van der Waals surface area contributed by atoms with Gasteiger partial charge in [0, 0.05) is 19.6 Å². The molecule has 1 aromatic heterocycles. The Hall–Kier alpha value is -1.07. The maximum absolute atomic E-state index is 6.05. The molecule has 0 saturated carbocycles. The molecule has 5 nitrogen and oxygen atoms in total. The van der Waals surface area contributed by atoms with Gasteiger partial charge in [0.25, 0.3) is 0 Å². The molecule has 1 rings (SSSR count). The number of likely N-dealkylation sites (N-methyl/N-ethyl adjacent to an activating group) is 1. The van der Waals surface area contributed by atoms with Crippen molar-refractivity contribution in [1.82, 2.24) is 14.9 Å². The molecule has 18 heavy (non-hydrogen) atoms. The highest BCUT2D eigenvalue weighted by atomic mass is 35.5. The van der Waals surface area contributed by atoms with Crippen LogP contribution in [0.15, 0.2) is 6.20 Å². The Bertz CT molecular complexity index is 354. The summed E-state index contributed by atoms with van der Waals surface area (Å²) >= 11 is 6.05. The van der Waals surface area contributed by atoms with Gasteiger partial charge in [-0.05, 0) is 20.0 Å². The molecule has 1 aromatic rings. The van der Waals surface area contributed by atoms with Crippen molar-refractivity contribution >= 4 is 23.4 Å². The third-order valence-electron chi connectivity index (χ3n) is 2.69. The van der Waals surface area contributed by atoms with Crippen LogP contribution in [-0.2, 0) is 0 Å². The summed E-state index contributed by atoms with van der Waals surface area (Å²) in [5.41, 5.74) is 0. The highest BCUT2D eigenvalue weighted by Crippen LogP contribution is 2.18. The van der Waals surface area contributed by atoms with E-state index in [0.717, 1.165) is 32.7 Å². The number of hydrogen-bond donors (Lipinski definition) is 2. The van der Waals surface area contributed by atoms with Gasteiger partial charge in [-0.1, -0.05) is 25.4 Å². The fourth-order valence-corrected chi connectivity index (χ4v) is 1.76. The molecule has 0 aliphatic rings.